The van der Waals surface area contributed by atoms with Gasteiger partial charge in [-0.3, -0.25) is 0 Å². The second-order valence-electron chi connectivity index (χ2n) is 5.04. The molecular formula is C12H24. The van der Waals surface area contributed by atoms with Gasteiger partial charge < -0.3 is 0 Å². The molecule has 0 radical (unpaired) electrons. The second kappa shape index (κ2) is 4.11. The minimum atomic E-state index is 0.430. The van der Waals surface area contributed by atoms with Crippen molar-refractivity contribution in [2.45, 2.75) is 48.0 Å². The van der Waals surface area contributed by atoms with Gasteiger partial charge in [-0.05, 0) is 30.6 Å². The quantitative estimate of drug-likeness (QED) is 0.550. The molecule has 1 unspecified atom stereocenters. The van der Waals surface area contributed by atoms with Crippen LogP contribution in [0.15, 0.2) is 12.2 Å². The highest BCUT2D eigenvalue weighted by Gasteiger charge is 2.28. The van der Waals surface area contributed by atoms with Gasteiger partial charge in [0.1, 0.15) is 0 Å². The van der Waals surface area contributed by atoms with E-state index in [4.69, 9.17) is 0 Å². The highest BCUT2D eigenvalue weighted by Crippen LogP contribution is 2.37. The molecular weight excluding hydrogens is 144 g/mol. The van der Waals surface area contributed by atoms with Crippen LogP contribution in [0.3, 0.4) is 0 Å². The lowest BCUT2D eigenvalue weighted by molar-refractivity contribution is 0.151. The number of allylic oxidation sites excluding steroid dienone is 1. The van der Waals surface area contributed by atoms with Crippen LogP contribution in [0.25, 0.3) is 0 Å². The zero-order valence-electron chi connectivity index (χ0n) is 9.57. The van der Waals surface area contributed by atoms with Crippen molar-refractivity contribution in [3.05, 3.63) is 12.2 Å². The molecule has 0 aliphatic rings. The summed E-state index contributed by atoms with van der Waals surface area (Å²) >= 11 is 0. The lowest BCUT2D eigenvalue weighted by atomic mass is 9.69. The third kappa shape index (κ3) is 3.00. The van der Waals surface area contributed by atoms with E-state index in [1.807, 2.05) is 0 Å². The van der Waals surface area contributed by atoms with E-state index in [9.17, 15) is 0 Å². The van der Waals surface area contributed by atoms with E-state index in [0.717, 1.165) is 18.3 Å². The fraction of sp³-hybridized carbons (Fsp3) is 0.833. The van der Waals surface area contributed by atoms with E-state index < -0.39 is 0 Å². The molecule has 0 aromatic carbocycles. The van der Waals surface area contributed by atoms with Crippen LogP contribution >= 0.6 is 0 Å². The minimum Gasteiger partial charge on any atom is -0.100 e. The Bertz CT molecular complexity index is 151. The molecule has 0 bridgehead atoms. The number of hydrogen-bond donors (Lipinski definition) is 0. The molecule has 0 nitrogen and oxygen atoms in total. The minimum absolute atomic E-state index is 0.430. The lowest BCUT2D eigenvalue weighted by Crippen LogP contribution is -2.27. The molecule has 1 atom stereocenters. The van der Waals surface area contributed by atoms with Crippen molar-refractivity contribution in [3.8, 4) is 0 Å². The Morgan fingerprint density at radius 2 is 1.67 bits per heavy atom. The molecule has 12 heavy (non-hydrogen) atoms. The SMILES string of the molecule is C=C(C)CC(C)C(C)(C)C(C)C. The Labute approximate surface area is 78.1 Å². The summed E-state index contributed by atoms with van der Waals surface area (Å²) in [7, 11) is 0. The van der Waals surface area contributed by atoms with Gasteiger partial charge in [-0.2, -0.15) is 0 Å². The average molecular weight is 168 g/mol. The molecule has 0 saturated carbocycles. The smallest absolute Gasteiger partial charge is 0.0295 e. The Hall–Kier alpha value is -0.260. The molecule has 0 heteroatoms. The van der Waals surface area contributed by atoms with Gasteiger partial charge in [0.15, 0.2) is 0 Å². The van der Waals surface area contributed by atoms with Crippen molar-refractivity contribution < 1.29 is 0 Å². The molecule has 0 rings (SSSR count). The zero-order chi connectivity index (χ0) is 9.94. The average Bonchev–Trinajstić information content (AvgIpc) is 1.85. The molecule has 72 valence electrons. The highest BCUT2D eigenvalue weighted by molar-refractivity contribution is 4.93. The predicted octanol–water partition coefficient (Wildman–Crippen LogP) is 4.27. The maximum Gasteiger partial charge on any atom is -0.0295 e. The molecule has 0 aliphatic carbocycles. The lowest BCUT2D eigenvalue weighted by Gasteiger charge is -2.36. The predicted molar refractivity (Wildman–Crippen MR) is 57.2 cm³/mol. The Kier molecular flexibility index (Phi) is 4.02. The zero-order valence-corrected chi connectivity index (χ0v) is 9.57. The van der Waals surface area contributed by atoms with E-state index in [1.165, 1.54) is 5.57 Å². The Balaban J connectivity index is 4.24. The van der Waals surface area contributed by atoms with Crippen LogP contribution in [-0.2, 0) is 0 Å². The Morgan fingerprint density at radius 1 is 1.25 bits per heavy atom. The Morgan fingerprint density at radius 3 is 1.92 bits per heavy atom. The fourth-order valence-corrected chi connectivity index (χ4v) is 1.35. The van der Waals surface area contributed by atoms with Crippen molar-refractivity contribution in [2.75, 3.05) is 0 Å². The van der Waals surface area contributed by atoms with E-state index in [-0.39, 0.29) is 0 Å². The first-order valence-corrected chi connectivity index (χ1v) is 4.92. The first kappa shape index (κ1) is 11.7. The van der Waals surface area contributed by atoms with Crippen LogP contribution in [0.4, 0.5) is 0 Å². The number of rotatable bonds is 4. The number of hydrogen-bond acceptors (Lipinski definition) is 0. The summed E-state index contributed by atoms with van der Waals surface area (Å²) in [5.74, 6) is 1.47. The monoisotopic (exact) mass is 168 g/mol. The van der Waals surface area contributed by atoms with Gasteiger partial charge in [-0.25, -0.2) is 0 Å². The van der Waals surface area contributed by atoms with Crippen LogP contribution in [-0.4, -0.2) is 0 Å². The summed E-state index contributed by atoms with van der Waals surface area (Å²) in [6.45, 7) is 17.7. The van der Waals surface area contributed by atoms with Crippen molar-refractivity contribution in [1.29, 1.82) is 0 Å². The van der Waals surface area contributed by atoms with Crippen LogP contribution < -0.4 is 0 Å². The van der Waals surface area contributed by atoms with Gasteiger partial charge in [0.05, 0.1) is 0 Å². The summed E-state index contributed by atoms with van der Waals surface area (Å²) in [5.41, 5.74) is 1.73. The van der Waals surface area contributed by atoms with Crippen LogP contribution in [0.5, 0.6) is 0 Å². The second-order valence-corrected chi connectivity index (χ2v) is 5.04. The molecule has 0 amide bonds. The molecule has 0 heterocycles. The third-order valence-electron chi connectivity index (χ3n) is 3.41. The van der Waals surface area contributed by atoms with E-state index >= 15 is 0 Å². The summed E-state index contributed by atoms with van der Waals surface area (Å²) in [4.78, 5) is 0. The van der Waals surface area contributed by atoms with Gasteiger partial charge in [0.2, 0.25) is 0 Å². The van der Waals surface area contributed by atoms with Gasteiger partial charge in [0.25, 0.3) is 0 Å². The normalized spacial score (nSPS) is 14.9. The van der Waals surface area contributed by atoms with Crippen molar-refractivity contribution in [2.24, 2.45) is 17.3 Å². The molecule has 0 aromatic heterocycles. The van der Waals surface area contributed by atoms with Crippen LogP contribution in [0, 0.1) is 17.3 Å². The van der Waals surface area contributed by atoms with Crippen molar-refractivity contribution in [1.82, 2.24) is 0 Å². The van der Waals surface area contributed by atoms with Gasteiger partial charge >= 0.3 is 0 Å². The van der Waals surface area contributed by atoms with E-state index in [0.29, 0.717) is 5.41 Å². The molecule has 0 saturated heterocycles. The molecule has 0 aliphatic heterocycles. The topological polar surface area (TPSA) is 0 Å². The summed E-state index contributed by atoms with van der Waals surface area (Å²) in [6.07, 6.45) is 1.16. The molecule has 0 aromatic rings. The van der Waals surface area contributed by atoms with E-state index in [2.05, 4.69) is 48.1 Å². The van der Waals surface area contributed by atoms with Gasteiger partial charge in [-0.1, -0.05) is 40.2 Å². The maximum atomic E-state index is 3.97. The molecule has 0 N–H and O–H groups in total. The maximum absolute atomic E-state index is 3.97. The van der Waals surface area contributed by atoms with Crippen molar-refractivity contribution in [3.63, 3.8) is 0 Å². The molecule has 0 spiro atoms. The van der Waals surface area contributed by atoms with Crippen LogP contribution in [0.1, 0.15) is 48.0 Å². The van der Waals surface area contributed by atoms with Crippen molar-refractivity contribution >= 4 is 0 Å². The standard InChI is InChI=1S/C12H24/c1-9(2)8-11(5)12(6,7)10(3)4/h10-11H,1,8H2,2-7H3. The summed E-state index contributed by atoms with van der Waals surface area (Å²) in [6, 6.07) is 0. The largest absolute Gasteiger partial charge is 0.100 e. The van der Waals surface area contributed by atoms with Crippen LogP contribution in [0.2, 0.25) is 0 Å². The van der Waals surface area contributed by atoms with Gasteiger partial charge in [-0.15, -0.1) is 6.58 Å². The first-order valence-electron chi connectivity index (χ1n) is 4.92. The third-order valence-corrected chi connectivity index (χ3v) is 3.41. The summed E-state index contributed by atoms with van der Waals surface area (Å²) in [5, 5.41) is 0. The van der Waals surface area contributed by atoms with E-state index in [1.54, 1.807) is 0 Å². The molecule has 0 fully saturated rings. The van der Waals surface area contributed by atoms with Gasteiger partial charge in [0, 0.05) is 0 Å². The highest BCUT2D eigenvalue weighted by atomic mass is 14.3. The fourth-order valence-electron chi connectivity index (χ4n) is 1.35. The summed E-state index contributed by atoms with van der Waals surface area (Å²) < 4.78 is 0. The first-order chi connectivity index (χ1) is 5.28.